The molecule has 0 saturated heterocycles. The Labute approximate surface area is 163 Å². The molecule has 0 aliphatic carbocycles. The Morgan fingerprint density at radius 3 is 2.46 bits per heavy atom. The van der Waals surface area contributed by atoms with Crippen LogP contribution in [0.25, 0.3) is 0 Å². The minimum atomic E-state index is -3.75. The van der Waals surface area contributed by atoms with Gasteiger partial charge < -0.3 is 10.1 Å². The Morgan fingerprint density at radius 1 is 1.00 bits per heavy atom. The molecule has 2 aromatic carbocycles. The Hall–Kier alpha value is -3.57. The van der Waals surface area contributed by atoms with Gasteiger partial charge in [-0.25, -0.2) is 8.42 Å². The predicted octanol–water partition coefficient (Wildman–Crippen LogP) is 3.24. The minimum Gasteiger partial charge on any atom is -0.492 e. The molecule has 0 spiro atoms. The summed E-state index contributed by atoms with van der Waals surface area (Å²) in [7, 11) is -3.75. The molecule has 0 unspecified atom stereocenters. The predicted molar refractivity (Wildman–Crippen MR) is 107 cm³/mol. The smallest absolute Gasteiger partial charge is 0.261 e. The molecule has 0 aliphatic heterocycles. The third kappa shape index (κ3) is 5.22. The van der Waals surface area contributed by atoms with E-state index in [-0.39, 0.29) is 10.6 Å². The number of hydrogen-bond acceptors (Lipinski definition) is 6. The lowest BCUT2D eigenvalue weighted by atomic mass is 10.2. The van der Waals surface area contributed by atoms with Crippen molar-refractivity contribution in [2.75, 3.05) is 23.2 Å². The van der Waals surface area contributed by atoms with Gasteiger partial charge in [-0.1, -0.05) is 18.2 Å². The van der Waals surface area contributed by atoms with Crippen molar-refractivity contribution in [1.29, 1.82) is 5.26 Å². The number of ether oxygens (including phenoxy) is 1. The lowest BCUT2D eigenvalue weighted by Crippen LogP contribution is -2.14. The normalized spacial score (nSPS) is 10.7. The van der Waals surface area contributed by atoms with Gasteiger partial charge >= 0.3 is 0 Å². The van der Waals surface area contributed by atoms with Crippen LogP contribution in [-0.2, 0) is 10.0 Å². The number of nitrogens with zero attached hydrogens (tertiary/aromatic N) is 2. The van der Waals surface area contributed by atoms with Crippen LogP contribution in [0.4, 0.5) is 11.4 Å². The van der Waals surface area contributed by atoms with E-state index in [1.54, 1.807) is 42.7 Å². The number of benzene rings is 2. The summed E-state index contributed by atoms with van der Waals surface area (Å²) in [6, 6.07) is 18.3. The van der Waals surface area contributed by atoms with Crippen molar-refractivity contribution < 1.29 is 13.2 Å². The highest BCUT2D eigenvalue weighted by Gasteiger charge is 2.14. The summed E-state index contributed by atoms with van der Waals surface area (Å²) in [6.45, 7) is 0.869. The maximum atomic E-state index is 12.5. The molecule has 0 saturated carbocycles. The molecule has 7 nitrogen and oxygen atoms in total. The maximum absolute atomic E-state index is 12.5. The lowest BCUT2D eigenvalue weighted by Gasteiger charge is -2.12. The Bertz CT molecular complexity index is 1070. The monoisotopic (exact) mass is 394 g/mol. The van der Waals surface area contributed by atoms with Crippen LogP contribution < -0.4 is 14.8 Å². The van der Waals surface area contributed by atoms with Crippen LogP contribution in [-0.4, -0.2) is 26.6 Å². The molecule has 1 heterocycles. The molecule has 3 aromatic rings. The van der Waals surface area contributed by atoms with Gasteiger partial charge in [0.15, 0.2) is 0 Å². The summed E-state index contributed by atoms with van der Waals surface area (Å²) in [5.74, 6) is 0.404. The maximum Gasteiger partial charge on any atom is 0.261 e. The van der Waals surface area contributed by atoms with Gasteiger partial charge in [0.2, 0.25) is 0 Å². The zero-order valence-electron chi connectivity index (χ0n) is 14.9. The topological polar surface area (TPSA) is 104 Å². The number of rotatable bonds is 8. The molecule has 28 heavy (non-hydrogen) atoms. The van der Waals surface area contributed by atoms with Crippen LogP contribution in [0.3, 0.4) is 0 Å². The SMILES string of the molecule is N#Cc1cc(NS(=O)(=O)c2ccccc2)cc(OCCNc2ccncc2)c1. The Balaban J connectivity index is 1.67. The van der Waals surface area contributed by atoms with Crippen molar-refractivity contribution in [3.63, 3.8) is 0 Å². The molecule has 0 atom stereocenters. The number of aromatic nitrogens is 1. The number of hydrogen-bond donors (Lipinski definition) is 2. The van der Waals surface area contributed by atoms with E-state index in [4.69, 9.17) is 4.74 Å². The molecule has 3 rings (SSSR count). The first-order chi connectivity index (χ1) is 13.6. The van der Waals surface area contributed by atoms with Crippen LogP contribution in [0.1, 0.15) is 5.56 Å². The van der Waals surface area contributed by atoms with E-state index in [1.165, 1.54) is 18.2 Å². The van der Waals surface area contributed by atoms with E-state index in [2.05, 4.69) is 15.0 Å². The highest BCUT2D eigenvalue weighted by Crippen LogP contribution is 2.23. The quantitative estimate of drug-likeness (QED) is 0.569. The van der Waals surface area contributed by atoms with Gasteiger partial charge in [-0.2, -0.15) is 5.26 Å². The Morgan fingerprint density at radius 2 is 1.75 bits per heavy atom. The van der Waals surface area contributed by atoms with Gasteiger partial charge in [-0.15, -0.1) is 0 Å². The van der Waals surface area contributed by atoms with Gasteiger partial charge in [0.05, 0.1) is 22.2 Å². The fourth-order valence-electron chi connectivity index (χ4n) is 2.45. The largest absolute Gasteiger partial charge is 0.492 e. The average Bonchev–Trinajstić information content (AvgIpc) is 2.72. The van der Waals surface area contributed by atoms with Crippen molar-refractivity contribution in [2.24, 2.45) is 0 Å². The number of nitrogens with one attached hydrogen (secondary N) is 2. The summed E-state index contributed by atoms with van der Waals surface area (Å²) in [6.07, 6.45) is 3.37. The zero-order valence-corrected chi connectivity index (χ0v) is 15.7. The summed E-state index contributed by atoms with van der Waals surface area (Å²) in [4.78, 5) is 4.08. The van der Waals surface area contributed by atoms with Crippen molar-refractivity contribution >= 4 is 21.4 Å². The highest BCUT2D eigenvalue weighted by molar-refractivity contribution is 7.92. The first-order valence-electron chi connectivity index (χ1n) is 8.46. The van der Waals surface area contributed by atoms with Gasteiger partial charge in [-0.3, -0.25) is 9.71 Å². The van der Waals surface area contributed by atoms with Gasteiger partial charge in [-0.05, 0) is 36.4 Å². The average molecular weight is 394 g/mol. The molecular formula is C20H18N4O3S. The van der Waals surface area contributed by atoms with Crippen LogP contribution in [0.5, 0.6) is 5.75 Å². The summed E-state index contributed by atoms with van der Waals surface area (Å²) in [5.41, 5.74) is 1.48. The summed E-state index contributed by atoms with van der Waals surface area (Å²) >= 11 is 0. The zero-order chi connectivity index (χ0) is 19.8. The van der Waals surface area contributed by atoms with Crippen molar-refractivity contribution in [2.45, 2.75) is 4.90 Å². The molecular weight excluding hydrogens is 376 g/mol. The number of nitriles is 1. The fraction of sp³-hybridized carbons (Fsp3) is 0.100. The summed E-state index contributed by atoms with van der Waals surface area (Å²) < 4.78 is 33.1. The first kappa shape index (κ1) is 19.2. The molecule has 0 bridgehead atoms. The van der Waals surface area contributed by atoms with Crippen LogP contribution in [0, 0.1) is 11.3 Å². The molecule has 0 fully saturated rings. The number of pyridine rings is 1. The third-order valence-corrected chi connectivity index (χ3v) is 5.12. The second kappa shape index (κ2) is 8.88. The number of anilines is 2. The molecule has 0 radical (unpaired) electrons. The van der Waals surface area contributed by atoms with Gasteiger partial charge in [0, 0.05) is 30.7 Å². The van der Waals surface area contributed by atoms with Crippen molar-refractivity contribution in [3.05, 3.63) is 78.6 Å². The number of sulfonamides is 1. The van der Waals surface area contributed by atoms with Crippen molar-refractivity contribution in [3.8, 4) is 11.8 Å². The molecule has 8 heteroatoms. The standard InChI is InChI=1S/C20H18N4O3S/c21-15-16-12-18(24-28(25,26)20-4-2-1-3-5-20)14-19(13-16)27-11-10-23-17-6-8-22-9-7-17/h1-9,12-14,24H,10-11H2,(H,22,23). The van der Waals surface area contributed by atoms with E-state index >= 15 is 0 Å². The molecule has 2 N–H and O–H groups in total. The minimum absolute atomic E-state index is 0.140. The van der Waals surface area contributed by atoms with Crippen LogP contribution >= 0.6 is 0 Å². The van der Waals surface area contributed by atoms with Gasteiger partial charge in [0.25, 0.3) is 10.0 Å². The van der Waals surface area contributed by atoms with Crippen LogP contribution in [0.2, 0.25) is 0 Å². The van der Waals surface area contributed by atoms with E-state index in [0.717, 1.165) is 5.69 Å². The second-order valence-corrected chi connectivity index (χ2v) is 7.47. The van der Waals surface area contributed by atoms with E-state index in [1.807, 2.05) is 18.2 Å². The molecule has 0 aliphatic rings. The molecule has 1 aromatic heterocycles. The second-order valence-electron chi connectivity index (χ2n) is 5.79. The third-order valence-electron chi connectivity index (χ3n) is 3.72. The van der Waals surface area contributed by atoms with Crippen LogP contribution in [0.15, 0.2) is 78.0 Å². The van der Waals surface area contributed by atoms with E-state index in [9.17, 15) is 13.7 Å². The van der Waals surface area contributed by atoms with E-state index < -0.39 is 10.0 Å². The van der Waals surface area contributed by atoms with E-state index in [0.29, 0.717) is 24.5 Å². The highest BCUT2D eigenvalue weighted by atomic mass is 32.2. The Kier molecular flexibility index (Phi) is 6.09. The first-order valence-corrected chi connectivity index (χ1v) is 9.95. The molecule has 0 amide bonds. The van der Waals surface area contributed by atoms with Gasteiger partial charge in [0.1, 0.15) is 12.4 Å². The van der Waals surface area contributed by atoms with Crippen molar-refractivity contribution in [1.82, 2.24) is 4.98 Å². The fourth-order valence-corrected chi connectivity index (χ4v) is 3.52. The molecule has 142 valence electrons. The summed E-state index contributed by atoms with van der Waals surface area (Å²) in [5, 5.41) is 12.4. The lowest BCUT2D eigenvalue weighted by molar-refractivity contribution is 0.333.